The summed E-state index contributed by atoms with van der Waals surface area (Å²) < 4.78 is 25.2. The molecule has 0 radical (unpaired) electrons. The average molecular weight is 178 g/mol. The first kappa shape index (κ1) is 8.27. The van der Waals surface area contributed by atoms with Gasteiger partial charge in [-0.2, -0.15) is 0 Å². The molecule has 0 fully saturated rings. The van der Waals surface area contributed by atoms with Gasteiger partial charge < -0.3 is 5.32 Å². The predicted molar refractivity (Wildman–Crippen MR) is 40.9 cm³/mol. The Morgan fingerprint density at radius 1 is 1.27 bits per heavy atom. The van der Waals surface area contributed by atoms with Crippen LogP contribution in [0.15, 0.2) is 12.1 Å². The van der Waals surface area contributed by atoms with Gasteiger partial charge in [0.05, 0.1) is 10.7 Å². The molecule has 0 saturated carbocycles. The molecule has 0 saturated heterocycles. The van der Waals surface area contributed by atoms with Gasteiger partial charge in [0.25, 0.3) is 0 Å². The summed E-state index contributed by atoms with van der Waals surface area (Å²) in [5.74, 6) is -1.39. The Balaban J connectivity index is 3.21. The molecule has 1 rings (SSSR count). The van der Waals surface area contributed by atoms with Gasteiger partial charge >= 0.3 is 0 Å². The number of rotatable bonds is 1. The molecule has 0 unspecified atom stereocenters. The summed E-state index contributed by atoms with van der Waals surface area (Å²) in [6.07, 6.45) is 0. The molecule has 60 valence electrons. The molecule has 0 atom stereocenters. The van der Waals surface area contributed by atoms with Crippen LogP contribution in [0, 0.1) is 11.6 Å². The molecule has 1 aromatic carbocycles. The molecule has 0 amide bonds. The normalized spacial score (nSPS) is 9.82. The zero-order chi connectivity index (χ0) is 8.43. The summed E-state index contributed by atoms with van der Waals surface area (Å²) in [7, 11) is 1.53. The van der Waals surface area contributed by atoms with Crippen molar-refractivity contribution in [3.8, 4) is 0 Å². The van der Waals surface area contributed by atoms with Crippen molar-refractivity contribution in [1.29, 1.82) is 0 Å². The van der Waals surface area contributed by atoms with Crippen LogP contribution in [-0.2, 0) is 0 Å². The second kappa shape index (κ2) is 3.05. The fourth-order valence-electron chi connectivity index (χ4n) is 0.714. The van der Waals surface area contributed by atoms with Gasteiger partial charge in [-0.05, 0) is 6.07 Å². The molecule has 0 heterocycles. The van der Waals surface area contributed by atoms with Gasteiger partial charge in [-0.25, -0.2) is 8.78 Å². The highest BCUT2D eigenvalue weighted by molar-refractivity contribution is 6.31. The van der Waals surface area contributed by atoms with Crippen LogP contribution in [0.5, 0.6) is 0 Å². The van der Waals surface area contributed by atoms with Gasteiger partial charge in [0.1, 0.15) is 11.6 Å². The number of halogens is 3. The number of nitrogens with one attached hydrogen (secondary N) is 1. The van der Waals surface area contributed by atoms with E-state index in [1.807, 2.05) is 0 Å². The fraction of sp³-hybridized carbons (Fsp3) is 0.143. The van der Waals surface area contributed by atoms with Gasteiger partial charge in [-0.3, -0.25) is 0 Å². The second-order valence-corrected chi connectivity index (χ2v) is 2.40. The minimum Gasteiger partial charge on any atom is -0.386 e. The van der Waals surface area contributed by atoms with Crippen LogP contribution in [0.1, 0.15) is 0 Å². The summed E-state index contributed by atoms with van der Waals surface area (Å²) in [4.78, 5) is 0. The van der Waals surface area contributed by atoms with Crippen molar-refractivity contribution < 1.29 is 8.78 Å². The summed E-state index contributed by atoms with van der Waals surface area (Å²) in [5, 5.41) is 2.45. The van der Waals surface area contributed by atoms with E-state index in [1.54, 1.807) is 0 Å². The van der Waals surface area contributed by atoms with E-state index >= 15 is 0 Å². The Morgan fingerprint density at radius 3 is 2.45 bits per heavy atom. The lowest BCUT2D eigenvalue weighted by atomic mass is 10.3. The molecule has 1 aromatic rings. The Labute approximate surface area is 68.0 Å². The van der Waals surface area contributed by atoms with Gasteiger partial charge in [0.15, 0.2) is 0 Å². The fourth-order valence-corrected chi connectivity index (χ4v) is 0.878. The SMILES string of the molecule is CNc1cc(Cl)c(F)cc1F. The average Bonchev–Trinajstić information content (AvgIpc) is 1.97. The maximum Gasteiger partial charge on any atom is 0.149 e. The van der Waals surface area contributed by atoms with E-state index in [2.05, 4.69) is 5.32 Å². The first-order chi connectivity index (χ1) is 5.15. The number of anilines is 1. The molecular formula is C7H6ClF2N. The third kappa shape index (κ3) is 1.60. The second-order valence-electron chi connectivity index (χ2n) is 2.00. The molecule has 0 aliphatic rings. The van der Waals surface area contributed by atoms with E-state index in [0.717, 1.165) is 6.07 Å². The topological polar surface area (TPSA) is 12.0 Å². The summed E-state index contributed by atoms with van der Waals surface area (Å²) >= 11 is 5.38. The van der Waals surface area contributed by atoms with Crippen LogP contribution in [-0.4, -0.2) is 7.05 Å². The molecule has 0 aliphatic carbocycles. The van der Waals surface area contributed by atoms with E-state index in [1.165, 1.54) is 13.1 Å². The van der Waals surface area contributed by atoms with Crippen molar-refractivity contribution in [1.82, 2.24) is 0 Å². The van der Waals surface area contributed by atoms with Crippen LogP contribution >= 0.6 is 11.6 Å². The summed E-state index contributed by atoms with van der Waals surface area (Å²) in [6.45, 7) is 0. The Morgan fingerprint density at radius 2 is 1.91 bits per heavy atom. The van der Waals surface area contributed by atoms with Crippen molar-refractivity contribution in [3.63, 3.8) is 0 Å². The molecule has 1 N–H and O–H groups in total. The third-order valence-corrected chi connectivity index (χ3v) is 1.57. The molecule has 11 heavy (non-hydrogen) atoms. The lowest BCUT2D eigenvalue weighted by molar-refractivity contribution is 0.586. The minimum absolute atomic E-state index is 0.0873. The number of benzene rings is 1. The largest absolute Gasteiger partial charge is 0.386 e. The van der Waals surface area contributed by atoms with Crippen molar-refractivity contribution >= 4 is 17.3 Å². The van der Waals surface area contributed by atoms with E-state index in [9.17, 15) is 8.78 Å². The van der Waals surface area contributed by atoms with Gasteiger partial charge in [0, 0.05) is 13.1 Å². The summed E-state index contributed by atoms with van der Waals surface area (Å²) in [6, 6.07) is 1.94. The van der Waals surface area contributed by atoms with Gasteiger partial charge in [-0.15, -0.1) is 0 Å². The number of hydrogen-bond donors (Lipinski definition) is 1. The Hall–Kier alpha value is -0.830. The molecular weight excluding hydrogens is 172 g/mol. The van der Waals surface area contributed by atoms with Crippen molar-refractivity contribution in [2.75, 3.05) is 12.4 Å². The van der Waals surface area contributed by atoms with Crippen molar-refractivity contribution in [2.24, 2.45) is 0 Å². The maximum absolute atomic E-state index is 12.7. The number of hydrogen-bond acceptors (Lipinski definition) is 1. The lowest BCUT2D eigenvalue weighted by Crippen LogP contribution is -1.93. The van der Waals surface area contributed by atoms with Crippen molar-refractivity contribution in [2.45, 2.75) is 0 Å². The molecule has 0 bridgehead atoms. The quantitative estimate of drug-likeness (QED) is 0.651. The van der Waals surface area contributed by atoms with Gasteiger partial charge in [0.2, 0.25) is 0 Å². The van der Waals surface area contributed by atoms with Crippen LogP contribution in [0.2, 0.25) is 5.02 Å². The minimum atomic E-state index is -0.747. The van der Waals surface area contributed by atoms with Crippen LogP contribution < -0.4 is 5.32 Å². The lowest BCUT2D eigenvalue weighted by Gasteiger charge is -2.02. The van der Waals surface area contributed by atoms with Crippen molar-refractivity contribution in [3.05, 3.63) is 28.8 Å². The van der Waals surface area contributed by atoms with Gasteiger partial charge in [-0.1, -0.05) is 11.6 Å². The van der Waals surface area contributed by atoms with Crippen LogP contribution in [0.3, 0.4) is 0 Å². The predicted octanol–water partition coefficient (Wildman–Crippen LogP) is 2.66. The van der Waals surface area contributed by atoms with E-state index in [0.29, 0.717) is 0 Å². The standard InChI is InChI=1S/C7H6ClF2N/c1-11-7-2-4(8)5(9)3-6(7)10/h2-3,11H,1H3. The maximum atomic E-state index is 12.7. The Kier molecular flexibility index (Phi) is 2.29. The van der Waals surface area contributed by atoms with Crippen LogP contribution in [0.4, 0.5) is 14.5 Å². The zero-order valence-corrected chi connectivity index (χ0v) is 6.54. The van der Waals surface area contributed by atoms with Crippen LogP contribution in [0.25, 0.3) is 0 Å². The first-order valence-electron chi connectivity index (χ1n) is 2.97. The molecule has 1 nitrogen and oxygen atoms in total. The smallest absolute Gasteiger partial charge is 0.149 e. The highest BCUT2D eigenvalue weighted by Gasteiger charge is 2.05. The highest BCUT2D eigenvalue weighted by Crippen LogP contribution is 2.22. The molecule has 0 spiro atoms. The van der Waals surface area contributed by atoms with E-state index < -0.39 is 11.6 Å². The zero-order valence-electron chi connectivity index (χ0n) is 5.79. The van der Waals surface area contributed by atoms with E-state index in [-0.39, 0.29) is 10.7 Å². The highest BCUT2D eigenvalue weighted by atomic mass is 35.5. The van der Waals surface area contributed by atoms with E-state index in [4.69, 9.17) is 11.6 Å². The summed E-state index contributed by atoms with van der Waals surface area (Å²) in [5.41, 5.74) is 0.191. The molecule has 0 aromatic heterocycles. The first-order valence-corrected chi connectivity index (χ1v) is 3.35. The molecule has 4 heteroatoms. The molecule has 0 aliphatic heterocycles. The monoisotopic (exact) mass is 177 g/mol. The Bertz CT molecular complexity index is 275. The third-order valence-electron chi connectivity index (χ3n) is 1.28.